The van der Waals surface area contributed by atoms with Gasteiger partial charge >= 0.3 is 0 Å². The Morgan fingerprint density at radius 2 is 1.93 bits per heavy atom. The molecule has 0 aromatic carbocycles. The Bertz CT molecular complexity index is 210. The van der Waals surface area contributed by atoms with E-state index < -0.39 is 0 Å². The highest BCUT2D eigenvalue weighted by molar-refractivity contribution is 5.79. The highest BCUT2D eigenvalue weighted by Crippen LogP contribution is 2.50. The highest BCUT2D eigenvalue weighted by atomic mass is 16.1. The van der Waals surface area contributed by atoms with Gasteiger partial charge in [0.15, 0.2) is 0 Å². The van der Waals surface area contributed by atoms with Gasteiger partial charge in [0, 0.05) is 32.5 Å². The highest BCUT2D eigenvalue weighted by Gasteiger charge is 2.42. The van der Waals surface area contributed by atoms with Crippen LogP contribution in [-0.2, 0) is 4.79 Å². The lowest BCUT2D eigenvalue weighted by Gasteiger charge is -2.29. The van der Waals surface area contributed by atoms with Gasteiger partial charge in [0.1, 0.15) is 5.78 Å². The van der Waals surface area contributed by atoms with Crippen LogP contribution in [0.5, 0.6) is 0 Å². The fourth-order valence-corrected chi connectivity index (χ4v) is 2.63. The molecular weight excluding hydrogens is 174 g/mol. The quantitative estimate of drug-likeness (QED) is 0.685. The first kappa shape index (κ1) is 10.2. The average Bonchev–Trinajstić information content (AvgIpc) is 2.90. The maximum absolute atomic E-state index is 11.1. The van der Waals surface area contributed by atoms with E-state index in [1.165, 1.54) is 32.2 Å². The van der Waals surface area contributed by atoms with Crippen LogP contribution < -0.4 is 0 Å². The van der Waals surface area contributed by atoms with Crippen LogP contribution in [0.2, 0.25) is 0 Å². The number of hydrogen-bond acceptors (Lipinski definition) is 2. The zero-order valence-electron chi connectivity index (χ0n) is 9.22. The van der Waals surface area contributed by atoms with Crippen LogP contribution >= 0.6 is 0 Å². The van der Waals surface area contributed by atoms with Gasteiger partial charge in [0.2, 0.25) is 0 Å². The number of hydrogen-bond donors (Lipinski definition) is 0. The van der Waals surface area contributed by atoms with E-state index in [1.54, 1.807) is 0 Å². The van der Waals surface area contributed by atoms with Crippen molar-refractivity contribution in [2.45, 2.75) is 45.4 Å². The molecule has 2 nitrogen and oxygen atoms in total. The molecule has 2 rings (SSSR count). The van der Waals surface area contributed by atoms with Crippen LogP contribution in [-0.4, -0.2) is 30.3 Å². The third-order valence-corrected chi connectivity index (χ3v) is 3.71. The van der Waals surface area contributed by atoms with Crippen LogP contribution in [0.3, 0.4) is 0 Å². The van der Waals surface area contributed by atoms with Gasteiger partial charge in [-0.2, -0.15) is 0 Å². The SMILES string of the molecule is CCCC1(CN2CCC(=O)CC2)CC1. The van der Waals surface area contributed by atoms with Crippen molar-refractivity contribution in [2.24, 2.45) is 5.41 Å². The number of rotatable bonds is 4. The number of ketones is 1. The second-order valence-corrected chi connectivity index (χ2v) is 5.06. The third-order valence-electron chi connectivity index (χ3n) is 3.71. The molecule has 14 heavy (non-hydrogen) atoms. The molecule has 0 spiro atoms. The number of piperidine rings is 1. The molecule has 0 unspecified atom stereocenters. The summed E-state index contributed by atoms with van der Waals surface area (Å²) in [6, 6.07) is 0. The fourth-order valence-electron chi connectivity index (χ4n) is 2.63. The molecule has 0 radical (unpaired) electrons. The van der Waals surface area contributed by atoms with Crippen LogP contribution in [0.1, 0.15) is 45.4 Å². The Hall–Kier alpha value is -0.370. The summed E-state index contributed by atoms with van der Waals surface area (Å²) in [5, 5.41) is 0. The molecule has 2 fully saturated rings. The van der Waals surface area contributed by atoms with Gasteiger partial charge in [-0.25, -0.2) is 0 Å². The van der Waals surface area contributed by atoms with Gasteiger partial charge in [-0.05, 0) is 24.7 Å². The van der Waals surface area contributed by atoms with Crippen molar-refractivity contribution in [3.63, 3.8) is 0 Å². The zero-order valence-corrected chi connectivity index (χ0v) is 9.22. The maximum Gasteiger partial charge on any atom is 0.135 e. The Labute approximate surface area is 86.7 Å². The number of carbonyl (C=O) groups is 1. The Morgan fingerprint density at radius 1 is 1.29 bits per heavy atom. The summed E-state index contributed by atoms with van der Waals surface area (Å²) in [5.41, 5.74) is 0.662. The topological polar surface area (TPSA) is 20.3 Å². The molecule has 1 saturated heterocycles. The van der Waals surface area contributed by atoms with Crippen LogP contribution in [0.25, 0.3) is 0 Å². The van der Waals surface area contributed by atoms with Gasteiger partial charge in [-0.15, -0.1) is 0 Å². The van der Waals surface area contributed by atoms with Crippen molar-refractivity contribution in [1.82, 2.24) is 4.90 Å². The van der Waals surface area contributed by atoms with Gasteiger partial charge in [0.05, 0.1) is 0 Å². The lowest BCUT2D eigenvalue weighted by Crippen LogP contribution is -2.37. The summed E-state index contributed by atoms with van der Waals surface area (Å²) < 4.78 is 0. The fraction of sp³-hybridized carbons (Fsp3) is 0.917. The third kappa shape index (κ3) is 2.35. The first-order valence-electron chi connectivity index (χ1n) is 5.98. The predicted molar refractivity (Wildman–Crippen MR) is 57.3 cm³/mol. The standard InChI is InChI=1S/C12H21NO/c1-2-5-12(6-7-12)10-13-8-3-11(14)4-9-13/h2-10H2,1H3. The van der Waals surface area contributed by atoms with E-state index in [4.69, 9.17) is 0 Å². The number of carbonyl (C=O) groups excluding carboxylic acids is 1. The number of likely N-dealkylation sites (tertiary alicyclic amines) is 1. The van der Waals surface area contributed by atoms with E-state index in [0.29, 0.717) is 11.2 Å². The minimum Gasteiger partial charge on any atom is -0.302 e. The minimum absolute atomic E-state index is 0.460. The van der Waals surface area contributed by atoms with Gasteiger partial charge in [-0.3, -0.25) is 4.79 Å². The van der Waals surface area contributed by atoms with Crippen molar-refractivity contribution < 1.29 is 4.79 Å². The molecule has 0 aromatic heterocycles. The second kappa shape index (κ2) is 4.01. The van der Waals surface area contributed by atoms with Crippen molar-refractivity contribution in [1.29, 1.82) is 0 Å². The smallest absolute Gasteiger partial charge is 0.135 e. The molecule has 80 valence electrons. The molecule has 2 aliphatic rings. The zero-order chi connectivity index (χ0) is 10.0. The molecule has 1 aliphatic carbocycles. The summed E-state index contributed by atoms with van der Waals surface area (Å²) in [7, 11) is 0. The molecule has 0 amide bonds. The lowest BCUT2D eigenvalue weighted by molar-refractivity contribution is -0.121. The lowest BCUT2D eigenvalue weighted by atomic mass is 9.98. The first-order chi connectivity index (χ1) is 6.74. The summed E-state index contributed by atoms with van der Waals surface area (Å²) in [6.45, 7) is 5.57. The molecule has 0 N–H and O–H groups in total. The number of nitrogens with zero attached hydrogens (tertiary/aromatic N) is 1. The summed E-state index contributed by atoms with van der Waals surface area (Å²) in [6.07, 6.45) is 7.13. The molecular formula is C12H21NO. The van der Waals surface area contributed by atoms with Gasteiger partial charge < -0.3 is 4.90 Å². The molecule has 2 heteroatoms. The van der Waals surface area contributed by atoms with E-state index in [1.807, 2.05) is 0 Å². The average molecular weight is 195 g/mol. The number of Topliss-reactive ketones (excluding diaryl/α,β-unsaturated/α-hetero) is 1. The Morgan fingerprint density at radius 3 is 2.43 bits per heavy atom. The maximum atomic E-state index is 11.1. The molecule has 0 bridgehead atoms. The largest absolute Gasteiger partial charge is 0.302 e. The second-order valence-electron chi connectivity index (χ2n) is 5.06. The molecule has 1 heterocycles. The van der Waals surface area contributed by atoms with E-state index in [0.717, 1.165) is 25.9 Å². The van der Waals surface area contributed by atoms with E-state index in [9.17, 15) is 4.79 Å². The summed E-state index contributed by atoms with van der Waals surface area (Å²) >= 11 is 0. The first-order valence-corrected chi connectivity index (χ1v) is 5.98. The predicted octanol–water partition coefficient (Wildman–Crippen LogP) is 2.23. The van der Waals surface area contributed by atoms with Crippen LogP contribution in [0, 0.1) is 5.41 Å². The van der Waals surface area contributed by atoms with Crippen molar-refractivity contribution in [2.75, 3.05) is 19.6 Å². The van der Waals surface area contributed by atoms with Crippen molar-refractivity contribution >= 4 is 5.78 Å². The Balaban J connectivity index is 1.77. The van der Waals surface area contributed by atoms with E-state index >= 15 is 0 Å². The molecule has 1 aliphatic heterocycles. The summed E-state index contributed by atoms with van der Waals surface area (Å²) in [5.74, 6) is 0.460. The van der Waals surface area contributed by atoms with E-state index in [2.05, 4.69) is 11.8 Å². The molecule has 1 saturated carbocycles. The van der Waals surface area contributed by atoms with Crippen molar-refractivity contribution in [3.05, 3.63) is 0 Å². The summed E-state index contributed by atoms with van der Waals surface area (Å²) in [4.78, 5) is 13.6. The monoisotopic (exact) mass is 195 g/mol. The normalized spacial score (nSPS) is 26.5. The van der Waals surface area contributed by atoms with Crippen LogP contribution in [0.15, 0.2) is 0 Å². The molecule has 0 aromatic rings. The molecule has 0 atom stereocenters. The Kier molecular flexibility index (Phi) is 2.91. The van der Waals surface area contributed by atoms with Gasteiger partial charge in [-0.1, -0.05) is 13.3 Å². The van der Waals surface area contributed by atoms with E-state index in [-0.39, 0.29) is 0 Å². The minimum atomic E-state index is 0.460. The van der Waals surface area contributed by atoms with Gasteiger partial charge in [0.25, 0.3) is 0 Å². The van der Waals surface area contributed by atoms with Crippen LogP contribution in [0.4, 0.5) is 0 Å². The van der Waals surface area contributed by atoms with Crippen molar-refractivity contribution in [3.8, 4) is 0 Å².